The third-order valence-corrected chi connectivity index (χ3v) is 2.41. The fraction of sp³-hybridized carbons (Fsp3) is 0.167. The van der Waals surface area contributed by atoms with E-state index in [4.69, 9.17) is 9.84 Å². The summed E-state index contributed by atoms with van der Waals surface area (Å²) in [7, 11) is 1.60. The van der Waals surface area contributed by atoms with E-state index in [-0.39, 0.29) is 5.69 Å². The molecule has 4 nitrogen and oxygen atoms in total. The number of carboxylic acid groups (broad SMARTS) is 1. The first kappa shape index (κ1) is 10.4. The van der Waals surface area contributed by atoms with Gasteiger partial charge < -0.3 is 9.84 Å². The summed E-state index contributed by atoms with van der Waals surface area (Å²) >= 11 is 0. The normalized spacial score (nSPS) is 13.7. The van der Waals surface area contributed by atoms with Gasteiger partial charge in [-0.2, -0.15) is 0 Å². The largest absolute Gasteiger partial charge is 0.501 e. The van der Waals surface area contributed by atoms with Crippen LogP contribution in [-0.4, -0.2) is 23.2 Å². The van der Waals surface area contributed by atoms with Crippen molar-refractivity contribution in [3.05, 3.63) is 40.9 Å². The van der Waals surface area contributed by atoms with E-state index in [2.05, 4.69) is 4.98 Å². The molecule has 0 aromatic carbocycles. The number of allylic oxidation sites excluding steroid dienone is 1. The molecule has 0 atom stereocenters. The third-order valence-electron chi connectivity index (χ3n) is 2.41. The Morgan fingerprint density at radius 2 is 2.38 bits per heavy atom. The van der Waals surface area contributed by atoms with Crippen molar-refractivity contribution in [2.75, 3.05) is 7.11 Å². The first-order valence-electron chi connectivity index (χ1n) is 4.86. The third kappa shape index (κ3) is 1.82. The topological polar surface area (TPSA) is 59.4 Å². The molecule has 1 aliphatic carbocycles. The van der Waals surface area contributed by atoms with Gasteiger partial charge in [0.25, 0.3) is 0 Å². The molecule has 16 heavy (non-hydrogen) atoms. The van der Waals surface area contributed by atoms with Crippen LogP contribution in [0.25, 0.3) is 12.2 Å². The van der Waals surface area contributed by atoms with E-state index in [9.17, 15) is 4.79 Å². The summed E-state index contributed by atoms with van der Waals surface area (Å²) in [6.07, 6.45) is 7.63. The van der Waals surface area contributed by atoms with Crippen LogP contribution in [0.15, 0.2) is 24.1 Å². The second-order valence-corrected chi connectivity index (χ2v) is 3.39. The maximum absolute atomic E-state index is 11.0. The van der Waals surface area contributed by atoms with Crippen molar-refractivity contribution in [1.82, 2.24) is 4.98 Å². The SMILES string of the molecule is COC1=Cc2ccnc(C(=O)O)c2C=CC1. The van der Waals surface area contributed by atoms with Crippen molar-refractivity contribution in [2.24, 2.45) is 0 Å². The van der Waals surface area contributed by atoms with Crippen LogP contribution >= 0.6 is 0 Å². The Labute approximate surface area is 92.9 Å². The van der Waals surface area contributed by atoms with E-state index in [0.717, 1.165) is 11.3 Å². The molecule has 1 aromatic rings. The van der Waals surface area contributed by atoms with E-state index in [1.54, 1.807) is 19.3 Å². The summed E-state index contributed by atoms with van der Waals surface area (Å²) in [6.45, 7) is 0. The molecule has 1 N–H and O–H groups in total. The van der Waals surface area contributed by atoms with Crippen molar-refractivity contribution < 1.29 is 14.6 Å². The Hall–Kier alpha value is -2.10. The van der Waals surface area contributed by atoms with Crippen LogP contribution in [0, 0.1) is 0 Å². The van der Waals surface area contributed by atoms with Gasteiger partial charge in [0.05, 0.1) is 12.9 Å². The summed E-state index contributed by atoms with van der Waals surface area (Å²) in [5, 5.41) is 9.01. The lowest BCUT2D eigenvalue weighted by molar-refractivity contribution is 0.0690. The number of aromatic carboxylic acids is 1. The minimum absolute atomic E-state index is 0.0716. The van der Waals surface area contributed by atoms with Crippen molar-refractivity contribution >= 4 is 18.1 Å². The van der Waals surface area contributed by atoms with Gasteiger partial charge >= 0.3 is 5.97 Å². The zero-order valence-electron chi connectivity index (χ0n) is 8.80. The number of ether oxygens (including phenoxy) is 1. The lowest BCUT2D eigenvalue weighted by Gasteiger charge is -2.04. The number of carboxylic acids is 1. The average Bonchev–Trinajstić information content (AvgIpc) is 2.49. The fourth-order valence-electron chi connectivity index (χ4n) is 1.63. The Morgan fingerprint density at radius 3 is 3.06 bits per heavy atom. The number of rotatable bonds is 2. The first-order valence-corrected chi connectivity index (χ1v) is 4.86. The van der Waals surface area contributed by atoms with Gasteiger partial charge in [0.2, 0.25) is 0 Å². The van der Waals surface area contributed by atoms with E-state index in [1.165, 1.54) is 6.20 Å². The van der Waals surface area contributed by atoms with E-state index >= 15 is 0 Å². The highest BCUT2D eigenvalue weighted by Crippen LogP contribution is 2.23. The zero-order valence-corrected chi connectivity index (χ0v) is 8.80. The number of hydrogen-bond donors (Lipinski definition) is 1. The Balaban J connectivity index is 2.60. The number of carbonyl (C=O) groups is 1. The van der Waals surface area contributed by atoms with Crippen LogP contribution in [-0.2, 0) is 4.74 Å². The van der Waals surface area contributed by atoms with Crippen molar-refractivity contribution in [1.29, 1.82) is 0 Å². The van der Waals surface area contributed by atoms with Gasteiger partial charge in [-0.15, -0.1) is 0 Å². The number of methoxy groups -OCH3 is 1. The summed E-state index contributed by atoms with van der Waals surface area (Å²) in [5.74, 6) is -0.215. The van der Waals surface area contributed by atoms with Crippen molar-refractivity contribution in [3.63, 3.8) is 0 Å². The summed E-state index contributed by atoms with van der Waals surface area (Å²) < 4.78 is 5.17. The molecule has 1 aliphatic rings. The van der Waals surface area contributed by atoms with Gasteiger partial charge in [0, 0.05) is 18.2 Å². The van der Waals surface area contributed by atoms with Crippen LogP contribution in [0.3, 0.4) is 0 Å². The van der Waals surface area contributed by atoms with E-state index < -0.39 is 5.97 Å². The van der Waals surface area contributed by atoms with Crippen molar-refractivity contribution in [3.8, 4) is 0 Å². The molecule has 0 amide bonds. The number of pyridine rings is 1. The molecule has 82 valence electrons. The quantitative estimate of drug-likeness (QED) is 0.824. The van der Waals surface area contributed by atoms with E-state index in [1.807, 2.05) is 12.2 Å². The lowest BCUT2D eigenvalue weighted by Crippen LogP contribution is -2.04. The number of aromatic nitrogens is 1. The number of nitrogens with zero attached hydrogens (tertiary/aromatic N) is 1. The van der Waals surface area contributed by atoms with Crippen LogP contribution in [0.5, 0.6) is 0 Å². The number of hydrogen-bond acceptors (Lipinski definition) is 3. The Morgan fingerprint density at radius 1 is 1.56 bits per heavy atom. The van der Waals surface area contributed by atoms with Crippen LogP contribution in [0.1, 0.15) is 28.0 Å². The molecule has 1 heterocycles. The first-order chi connectivity index (χ1) is 7.72. The molecule has 0 saturated carbocycles. The molecule has 0 spiro atoms. The molecule has 0 saturated heterocycles. The maximum Gasteiger partial charge on any atom is 0.355 e. The lowest BCUT2D eigenvalue weighted by atomic mass is 10.1. The van der Waals surface area contributed by atoms with Gasteiger partial charge in [-0.1, -0.05) is 12.2 Å². The zero-order chi connectivity index (χ0) is 11.5. The Kier molecular flexibility index (Phi) is 2.72. The standard InChI is InChI=1S/C12H11NO3/c1-16-9-3-2-4-10-8(7-9)5-6-13-11(10)12(14)15/h2,4-7H,3H2,1H3,(H,14,15). The van der Waals surface area contributed by atoms with Gasteiger partial charge in [0.15, 0.2) is 5.69 Å². The summed E-state index contributed by atoms with van der Waals surface area (Å²) in [4.78, 5) is 14.9. The molecule has 1 aromatic heterocycles. The minimum atomic E-state index is -1.02. The molecule has 0 unspecified atom stereocenters. The smallest absolute Gasteiger partial charge is 0.355 e. The average molecular weight is 217 g/mol. The second kappa shape index (κ2) is 4.18. The highest BCUT2D eigenvalue weighted by Gasteiger charge is 2.14. The van der Waals surface area contributed by atoms with Crippen LogP contribution < -0.4 is 0 Å². The van der Waals surface area contributed by atoms with Gasteiger partial charge in [-0.25, -0.2) is 9.78 Å². The van der Waals surface area contributed by atoms with Crippen LogP contribution in [0.4, 0.5) is 0 Å². The summed E-state index contributed by atoms with van der Waals surface area (Å²) in [6, 6.07) is 1.77. The predicted molar refractivity (Wildman–Crippen MR) is 59.8 cm³/mol. The van der Waals surface area contributed by atoms with E-state index in [0.29, 0.717) is 12.0 Å². The highest BCUT2D eigenvalue weighted by molar-refractivity contribution is 5.92. The molecule has 2 rings (SSSR count). The molecule has 0 fully saturated rings. The molecule has 0 radical (unpaired) electrons. The fourth-order valence-corrected chi connectivity index (χ4v) is 1.63. The van der Waals surface area contributed by atoms with Gasteiger partial charge in [-0.3, -0.25) is 0 Å². The van der Waals surface area contributed by atoms with Gasteiger partial charge in [0.1, 0.15) is 0 Å². The number of fused-ring (bicyclic) bond motifs is 1. The Bertz CT molecular complexity index is 489. The molecular formula is C12H11NO3. The monoisotopic (exact) mass is 217 g/mol. The maximum atomic E-state index is 11.0. The highest BCUT2D eigenvalue weighted by atomic mass is 16.5. The minimum Gasteiger partial charge on any atom is -0.501 e. The molecule has 0 bridgehead atoms. The molecule has 0 aliphatic heterocycles. The van der Waals surface area contributed by atoms with Gasteiger partial charge in [-0.05, 0) is 17.7 Å². The summed E-state index contributed by atoms with van der Waals surface area (Å²) in [5.41, 5.74) is 1.52. The molecule has 4 heteroatoms. The second-order valence-electron chi connectivity index (χ2n) is 3.39. The predicted octanol–water partition coefficient (Wildman–Crippen LogP) is 2.18. The molecular weight excluding hydrogens is 206 g/mol. The van der Waals surface area contributed by atoms with Crippen molar-refractivity contribution in [2.45, 2.75) is 6.42 Å². The van der Waals surface area contributed by atoms with Crippen LogP contribution in [0.2, 0.25) is 0 Å².